The molecule has 1 unspecified atom stereocenters. The average Bonchev–Trinajstić information content (AvgIpc) is 3.31. The number of morpholine rings is 1. The molecule has 2 aliphatic heterocycles. The van der Waals surface area contributed by atoms with E-state index in [9.17, 15) is 0 Å². The fourth-order valence-corrected chi connectivity index (χ4v) is 5.28. The largest absolute Gasteiger partial charge is 0.378 e. The highest BCUT2D eigenvalue weighted by Gasteiger charge is 2.24. The second-order valence-corrected chi connectivity index (χ2v) is 9.59. The molecule has 174 valence electrons. The van der Waals surface area contributed by atoms with Crippen LogP contribution in [0, 0.1) is 13.8 Å². The lowest BCUT2D eigenvalue weighted by Crippen LogP contribution is -2.38. The Morgan fingerprint density at radius 2 is 1.88 bits per heavy atom. The number of aryl methyl sites for hydroxylation is 2. The van der Waals surface area contributed by atoms with Gasteiger partial charge >= 0.3 is 0 Å². The lowest BCUT2D eigenvalue weighted by atomic mass is 9.94. The zero-order valence-corrected chi connectivity index (χ0v) is 20.0. The van der Waals surface area contributed by atoms with Crippen LogP contribution in [0.5, 0.6) is 0 Å². The molecule has 3 aromatic rings. The first-order chi connectivity index (χ1) is 16.2. The Morgan fingerprint density at radius 3 is 2.73 bits per heavy atom. The van der Waals surface area contributed by atoms with Gasteiger partial charge in [-0.05, 0) is 61.6 Å². The molecule has 2 aliphatic rings. The standard InChI is InChI=1S/C28H36N4O/c1-21-7-8-23-18-25(28(30-27(23)17-21)32-13-15-33-16-14-32)19-29-10-12-31-11-9-24(20-31)26-6-4-3-5-22(26)2/h3-8,17-18,24,29H,9-16,19-20H2,1-2H3. The Kier molecular flexibility index (Phi) is 6.91. The molecule has 2 fully saturated rings. The van der Waals surface area contributed by atoms with Gasteiger partial charge < -0.3 is 19.9 Å². The highest BCUT2D eigenvalue weighted by atomic mass is 16.5. The molecule has 0 saturated carbocycles. The summed E-state index contributed by atoms with van der Waals surface area (Å²) in [4.78, 5) is 10.1. The summed E-state index contributed by atoms with van der Waals surface area (Å²) in [5.41, 5.74) is 6.58. The maximum atomic E-state index is 5.58. The molecule has 1 aromatic heterocycles. The van der Waals surface area contributed by atoms with Crippen LogP contribution in [-0.2, 0) is 11.3 Å². The van der Waals surface area contributed by atoms with Crippen LogP contribution >= 0.6 is 0 Å². The van der Waals surface area contributed by atoms with E-state index in [0.717, 1.165) is 57.3 Å². The Hall–Kier alpha value is -2.47. The Balaban J connectivity index is 1.21. The smallest absolute Gasteiger partial charge is 0.133 e. The molecule has 3 heterocycles. The van der Waals surface area contributed by atoms with Gasteiger partial charge in [0.05, 0.1) is 18.7 Å². The Morgan fingerprint density at radius 1 is 1.03 bits per heavy atom. The maximum absolute atomic E-state index is 5.58. The molecule has 5 nitrogen and oxygen atoms in total. The molecule has 2 saturated heterocycles. The molecule has 0 bridgehead atoms. The molecule has 5 heteroatoms. The topological polar surface area (TPSA) is 40.6 Å². The molecule has 0 amide bonds. The fraction of sp³-hybridized carbons (Fsp3) is 0.464. The van der Waals surface area contributed by atoms with Crippen LogP contribution < -0.4 is 10.2 Å². The monoisotopic (exact) mass is 444 g/mol. The van der Waals surface area contributed by atoms with E-state index in [-0.39, 0.29) is 0 Å². The van der Waals surface area contributed by atoms with Crippen LogP contribution in [0.25, 0.3) is 10.9 Å². The van der Waals surface area contributed by atoms with Crippen molar-refractivity contribution in [2.75, 3.05) is 57.4 Å². The van der Waals surface area contributed by atoms with Crippen molar-refractivity contribution in [3.05, 3.63) is 70.8 Å². The van der Waals surface area contributed by atoms with E-state index in [0.29, 0.717) is 5.92 Å². The third-order valence-corrected chi connectivity index (χ3v) is 7.16. The van der Waals surface area contributed by atoms with E-state index in [2.05, 4.69) is 77.5 Å². The summed E-state index contributed by atoms with van der Waals surface area (Å²) in [5, 5.41) is 4.93. The van der Waals surface area contributed by atoms with E-state index in [1.54, 1.807) is 0 Å². The van der Waals surface area contributed by atoms with Crippen molar-refractivity contribution in [3.8, 4) is 0 Å². The van der Waals surface area contributed by atoms with Gasteiger partial charge in [0, 0.05) is 50.2 Å². The first-order valence-corrected chi connectivity index (χ1v) is 12.4. The van der Waals surface area contributed by atoms with Gasteiger partial charge in [-0.1, -0.05) is 36.4 Å². The van der Waals surface area contributed by atoms with Crippen molar-refractivity contribution in [2.45, 2.75) is 32.7 Å². The highest BCUT2D eigenvalue weighted by Crippen LogP contribution is 2.29. The predicted octanol–water partition coefficient (Wildman–Crippen LogP) is 4.27. The number of nitrogens with zero attached hydrogens (tertiary/aromatic N) is 3. The number of likely N-dealkylation sites (tertiary alicyclic amines) is 1. The zero-order valence-electron chi connectivity index (χ0n) is 20.0. The molecule has 1 atom stereocenters. The molecule has 33 heavy (non-hydrogen) atoms. The minimum absolute atomic E-state index is 0.673. The molecular formula is C28H36N4O. The summed E-state index contributed by atoms with van der Waals surface area (Å²) in [5.74, 6) is 1.79. The summed E-state index contributed by atoms with van der Waals surface area (Å²) in [6.07, 6.45) is 1.26. The Labute approximate surface area is 197 Å². The van der Waals surface area contributed by atoms with Gasteiger partial charge in [0.25, 0.3) is 0 Å². The minimum atomic E-state index is 0.673. The predicted molar refractivity (Wildman–Crippen MR) is 136 cm³/mol. The Bertz CT molecular complexity index is 1090. The molecule has 0 aliphatic carbocycles. The summed E-state index contributed by atoms with van der Waals surface area (Å²) >= 11 is 0. The first kappa shape index (κ1) is 22.3. The normalized spacial score (nSPS) is 19.5. The second-order valence-electron chi connectivity index (χ2n) is 9.59. The third kappa shape index (κ3) is 5.21. The maximum Gasteiger partial charge on any atom is 0.133 e. The average molecular weight is 445 g/mol. The summed E-state index contributed by atoms with van der Waals surface area (Å²) in [6, 6.07) is 17.8. The van der Waals surface area contributed by atoms with E-state index in [1.807, 2.05) is 0 Å². The van der Waals surface area contributed by atoms with Gasteiger partial charge in [0.15, 0.2) is 0 Å². The second kappa shape index (κ2) is 10.2. The first-order valence-electron chi connectivity index (χ1n) is 12.4. The highest BCUT2D eigenvalue weighted by molar-refractivity contribution is 5.82. The number of hydrogen-bond donors (Lipinski definition) is 1. The minimum Gasteiger partial charge on any atom is -0.378 e. The van der Waals surface area contributed by atoms with Gasteiger partial charge in [-0.25, -0.2) is 4.98 Å². The van der Waals surface area contributed by atoms with Crippen molar-refractivity contribution in [1.82, 2.24) is 15.2 Å². The third-order valence-electron chi connectivity index (χ3n) is 7.16. The van der Waals surface area contributed by atoms with Crippen LogP contribution in [0.4, 0.5) is 5.82 Å². The molecule has 0 spiro atoms. The van der Waals surface area contributed by atoms with Crippen LogP contribution in [0.15, 0.2) is 48.5 Å². The van der Waals surface area contributed by atoms with Gasteiger partial charge in [-0.3, -0.25) is 0 Å². The zero-order chi connectivity index (χ0) is 22.6. The van der Waals surface area contributed by atoms with Gasteiger partial charge in [0.2, 0.25) is 0 Å². The van der Waals surface area contributed by atoms with Crippen LogP contribution in [0.3, 0.4) is 0 Å². The summed E-state index contributed by atoms with van der Waals surface area (Å²) in [6.45, 7) is 13.0. The lowest BCUT2D eigenvalue weighted by Gasteiger charge is -2.30. The number of ether oxygens (including phenoxy) is 1. The number of rotatable bonds is 7. The summed E-state index contributed by atoms with van der Waals surface area (Å²) < 4.78 is 5.58. The van der Waals surface area contributed by atoms with Crippen molar-refractivity contribution in [2.24, 2.45) is 0 Å². The van der Waals surface area contributed by atoms with Gasteiger partial charge in [0.1, 0.15) is 5.82 Å². The van der Waals surface area contributed by atoms with E-state index >= 15 is 0 Å². The number of aromatic nitrogens is 1. The van der Waals surface area contributed by atoms with Crippen molar-refractivity contribution < 1.29 is 4.74 Å². The van der Waals surface area contributed by atoms with Crippen LogP contribution in [0.1, 0.15) is 34.6 Å². The lowest BCUT2D eigenvalue weighted by molar-refractivity contribution is 0.122. The van der Waals surface area contributed by atoms with Crippen LogP contribution in [-0.4, -0.2) is 62.4 Å². The van der Waals surface area contributed by atoms with Crippen LogP contribution in [0.2, 0.25) is 0 Å². The number of nitrogens with one attached hydrogen (secondary N) is 1. The van der Waals surface area contributed by atoms with E-state index in [4.69, 9.17) is 9.72 Å². The molecular weight excluding hydrogens is 408 g/mol. The number of pyridine rings is 1. The molecule has 2 aromatic carbocycles. The summed E-state index contributed by atoms with van der Waals surface area (Å²) in [7, 11) is 0. The van der Waals surface area contributed by atoms with Gasteiger partial charge in [-0.15, -0.1) is 0 Å². The molecule has 0 radical (unpaired) electrons. The SMILES string of the molecule is Cc1ccc2cc(CNCCN3CCC(c4ccccc4C)C3)c(N3CCOCC3)nc2c1. The number of benzene rings is 2. The molecule has 1 N–H and O–H groups in total. The van der Waals surface area contributed by atoms with Crippen molar-refractivity contribution in [1.29, 1.82) is 0 Å². The number of fused-ring (bicyclic) bond motifs is 1. The van der Waals surface area contributed by atoms with E-state index < -0.39 is 0 Å². The van der Waals surface area contributed by atoms with Gasteiger partial charge in [-0.2, -0.15) is 0 Å². The van der Waals surface area contributed by atoms with E-state index in [1.165, 1.54) is 47.2 Å². The molecule has 5 rings (SSSR count). The fourth-order valence-electron chi connectivity index (χ4n) is 5.28. The van der Waals surface area contributed by atoms with Crippen molar-refractivity contribution in [3.63, 3.8) is 0 Å². The van der Waals surface area contributed by atoms with Crippen molar-refractivity contribution >= 4 is 16.7 Å². The number of hydrogen-bond acceptors (Lipinski definition) is 5. The quantitative estimate of drug-likeness (QED) is 0.551. The number of anilines is 1.